The second-order valence-corrected chi connectivity index (χ2v) is 6.82. The summed E-state index contributed by atoms with van der Waals surface area (Å²) in [7, 11) is -2.51. The van der Waals surface area contributed by atoms with E-state index in [1.807, 2.05) is 0 Å². The van der Waals surface area contributed by atoms with Gasteiger partial charge in [-0.15, -0.1) is 0 Å². The lowest BCUT2D eigenvalue weighted by Crippen LogP contribution is -2.29. The summed E-state index contributed by atoms with van der Waals surface area (Å²) in [6, 6.07) is 0. The number of carboxylic acid groups (broad SMARTS) is 1. The van der Waals surface area contributed by atoms with Crippen LogP contribution < -0.4 is 0 Å². The van der Waals surface area contributed by atoms with Crippen LogP contribution >= 0.6 is 0 Å². The molecule has 0 amide bonds. The van der Waals surface area contributed by atoms with Gasteiger partial charge in [0, 0.05) is 20.2 Å². The topological polar surface area (TPSA) is 108 Å². The van der Waals surface area contributed by atoms with E-state index in [2.05, 4.69) is 0 Å². The first-order valence-electron chi connectivity index (χ1n) is 6.64. The summed E-state index contributed by atoms with van der Waals surface area (Å²) >= 11 is 0. The first-order valence-corrected chi connectivity index (χ1v) is 8.08. The highest BCUT2D eigenvalue weighted by Gasteiger charge is 2.33. The second kappa shape index (κ2) is 7.06. The Morgan fingerprint density at radius 1 is 1.19 bits per heavy atom. The standard InChI is InChI=1S/C13H21NO6S/c1-9-11(13(16)17)12(10(2)20-9)21(18,19)14(3)7-5-4-6-8-15/h15H,4-8H2,1-3H3,(H,16,17). The largest absolute Gasteiger partial charge is 0.478 e. The predicted octanol–water partition coefficient (Wildman–Crippen LogP) is 1.38. The molecular weight excluding hydrogens is 298 g/mol. The molecule has 8 heteroatoms. The van der Waals surface area contributed by atoms with Crippen molar-refractivity contribution in [1.29, 1.82) is 0 Å². The van der Waals surface area contributed by atoms with Crippen LogP contribution in [-0.2, 0) is 10.0 Å². The van der Waals surface area contributed by atoms with E-state index < -0.39 is 16.0 Å². The Labute approximate surface area is 124 Å². The van der Waals surface area contributed by atoms with Gasteiger partial charge >= 0.3 is 5.97 Å². The quantitative estimate of drug-likeness (QED) is 0.701. The smallest absolute Gasteiger partial charge is 0.340 e. The van der Waals surface area contributed by atoms with Gasteiger partial charge in [0.05, 0.1) is 0 Å². The number of unbranched alkanes of at least 4 members (excludes halogenated alkanes) is 2. The zero-order valence-electron chi connectivity index (χ0n) is 12.4. The summed E-state index contributed by atoms with van der Waals surface area (Å²) in [6.45, 7) is 3.19. The molecule has 0 aromatic carbocycles. The minimum absolute atomic E-state index is 0.0691. The lowest BCUT2D eigenvalue weighted by atomic mass is 10.2. The molecule has 1 aromatic heterocycles. The molecule has 0 fully saturated rings. The van der Waals surface area contributed by atoms with Crippen molar-refractivity contribution in [3.63, 3.8) is 0 Å². The van der Waals surface area contributed by atoms with Crippen LogP contribution in [0.3, 0.4) is 0 Å². The maximum atomic E-state index is 12.5. The average Bonchev–Trinajstić information content (AvgIpc) is 2.69. The fraction of sp³-hybridized carbons (Fsp3) is 0.615. The number of aliphatic hydroxyl groups is 1. The van der Waals surface area contributed by atoms with Crippen molar-refractivity contribution in [1.82, 2.24) is 4.31 Å². The maximum absolute atomic E-state index is 12.5. The van der Waals surface area contributed by atoms with Crippen LogP contribution in [0, 0.1) is 13.8 Å². The Kier molecular flexibility index (Phi) is 5.94. The van der Waals surface area contributed by atoms with Gasteiger partial charge in [-0.05, 0) is 33.1 Å². The lowest BCUT2D eigenvalue weighted by molar-refractivity contribution is 0.0691. The molecule has 120 valence electrons. The van der Waals surface area contributed by atoms with Crippen LogP contribution in [0.1, 0.15) is 41.1 Å². The molecule has 0 saturated carbocycles. The monoisotopic (exact) mass is 319 g/mol. The van der Waals surface area contributed by atoms with Gasteiger partial charge in [0.1, 0.15) is 22.0 Å². The Hall–Kier alpha value is -1.38. The molecule has 0 saturated heterocycles. The van der Waals surface area contributed by atoms with E-state index in [0.29, 0.717) is 19.3 Å². The van der Waals surface area contributed by atoms with Crippen molar-refractivity contribution >= 4 is 16.0 Å². The highest BCUT2D eigenvalue weighted by atomic mass is 32.2. The molecule has 0 radical (unpaired) electrons. The van der Waals surface area contributed by atoms with Crippen LogP contribution in [0.2, 0.25) is 0 Å². The molecule has 0 unspecified atom stereocenters. The van der Waals surface area contributed by atoms with Crippen LogP contribution in [0.5, 0.6) is 0 Å². The van der Waals surface area contributed by atoms with E-state index in [0.717, 1.165) is 4.31 Å². The van der Waals surface area contributed by atoms with Crippen LogP contribution in [0.4, 0.5) is 0 Å². The van der Waals surface area contributed by atoms with Crippen molar-refractivity contribution < 1.29 is 27.8 Å². The average molecular weight is 319 g/mol. The third kappa shape index (κ3) is 3.84. The molecule has 2 N–H and O–H groups in total. The highest BCUT2D eigenvalue weighted by molar-refractivity contribution is 7.89. The molecule has 1 heterocycles. The number of hydrogen-bond acceptors (Lipinski definition) is 5. The Bertz CT molecular complexity index is 604. The molecule has 0 bridgehead atoms. The Balaban J connectivity index is 3.05. The van der Waals surface area contributed by atoms with Gasteiger partial charge in [-0.2, -0.15) is 0 Å². The first-order chi connectivity index (χ1) is 9.73. The molecule has 7 nitrogen and oxygen atoms in total. The van der Waals surface area contributed by atoms with Gasteiger partial charge in [0.15, 0.2) is 0 Å². The van der Waals surface area contributed by atoms with E-state index in [1.54, 1.807) is 0 Å². The van der Waals surface area contributed by atoms with Crippen LogP contribution in [-0.4, -0.2) is 49.1 Å². The van der Waals surface area contributed by atoms with Crippen molar-refractivity contribution in [2.45, 2.75) is 38.0 Å². The minimum atomic E-state index is -3.92. The Morgan fingerprint density at radius 2 is 1.81 bits per heavy atom. The van der Waals surface area contributed by atoms with E-state index in [4.69, 9.17) is 9.52 Å². The molecule has 0 aliphatic rings. The summed E-state index contributed by atoms with van der Waals surface area (Å²) in [4.78, 5) is 11.0. The third-order valence-corrected chi connectivity index (χ3v) is 5.23. The zero-order valence-corrected chi connectivity index (χ0v) is 13.2. The number of sulfonamides is 1. The molecule has 0 spiro atoms. The second-order valence-electron chi connectivity index (χ2n) is 4.83. The van der Waals surface area contributed by atoms with Crippen molar-refractivity contribution in [3.05, 3.63) is 17.1 Å². The molecule has 1 rings (SSSR count). The minimum Gasteiger partial charge on any atom is -0.478 e. The molecule has 21 heavy (non-hydrogen) atoms. The summed E-state index contributed by atoms with van der Waals surface area (Å²) < 4.78 is 31.3. The number of furan rings is 1. The first kappa shape index (κ1) is 17.7. The zero-order chi connectivity index (χ0) is 16.2. The highest BCUT2D eigenvalue weighted by Crippen LogP contribution is 2.28. The molecule has 1 aromatic rings. The van der Waals surface area contributed by atoms with Gasteiger partial charge in [-0.3, -0.25) is 0 Å². The number of aromatic carboxylic acids is 1. The van der Waals surface area contributed by atoms with Crippen molar-refractivity contribution in [2.24, 2.45) is 0 Å². The molecular formula is C13H21NO6S. The summed E-state index contributed by atoms with van der Waals surface area (Å²) in [6.07, 6.45) is 1.90. The van der Waals surface area contributed by atoms with Gasteiger partial charge in [0.25, 0.3) is 0 Å². The van der Waals surface area contributed by atoms with E-state index in [1.165, 1.54) is 20.9 Å². The molecule has 0 atom stereocenters. The number of rotatable bonds is 8. The predicted molar refractivity (Wildman–Crippen MR) is 75.9 cm³/mol. The number of hydrogen-bond donors (Lipinski definition) is 2. The SMILES string of the molecule is Cc1oc(C)c(S(=O)(=O)N(C)CCCCCO)c1C(=O)O. The normalized spacial score (nSPS) is 12.0. The fourth-order valence-corrected chi connectivity index (χ4v) is 3.70. The number of carbonyl (C=O) groups is 1. The number of aliphatic hydroxyl groups excluding tert-OH is 1. The van der Waals surface area contributed by atoms with E-state index in [-0.39, 0.29) is 35.1 Å². The van der Waals surface area contributed by atoms with Gasteiger partial charge in [-0.1, -0.05) is 0 Å². The number of carboxylic acids is 1. The van der Waals surface area contributed by atoms with Crippen LogP contribution in [0.25, 0.3) is 0 Å². The lowest BCUT2D eigenvalue weighted by Gasteiger charge is -2.17. The number of nitrogens with zero attached hydrogens (tertiary/aromatic N) is 1. The van der Waals surface area contributed by atoms with Gasteiger partial charge in [0.2, 0.25) is 10.0 Å². The van der Waals surface area contributed by atoms with Gasteiger partial charge < -0.3 is 14.6 Å². The van der Waals surface area contributed by atoms with E-state index >= 15 is 0 Å². The van der Waals surface area contributed by atoms with E-state index in [9.17, 15) is 18.3 Å². The van der Waals surface area contributed by atoms with Crippen LogP contribution in [0.15, 0.2) is 9.31 Å². The van der Waals surface area contributed by atoms with Gasteiger partial charge in [-0.25, -0.2) is 17.5 Å². The fourth-order valence-electron chi connectivity index (χ4n) is 2.12. The maximum Gasteiger partial charge on any atom is 0.340 e. The molecule has 0 aliphatic carbocycles. The summed E-state index contributed by atoms with van der Waals surface area (Å²) in [5.74, 6) is -1.17. The Morgan fingerprint density at radius 3 is 2.33 bits per heavy atom. The molecule has 0 aliphatic heterocycles. The third-order valence-electron chi connectivity index (χ3n) is 3.22. The summed E-state index contributed by atoms with van der Waals surface area (Å²) in [5.41, 5.74) is -0.310. The van der Waals surface area contributed by atoms with Crippen molar-refractivity contribution in [2.75, 3.05) is 20.2 Å². The number of aryl methyl sites for hydroxylation is 2. The summed E-state index contributed by atoms with van der Waals surface area (Å²) in [5, 5.41) is 17.9. The van der Waals surface area contributed by atoms with Crippen molar-refractivity contribution in [3.8, 4) is 0 Å².